The Hall–Kier alpha value is -1.36. The first-order valence-corrected chi connectivity index (χ1v) is 5.00. The molecule has 1 N–H and O–H groups in total. The van der Waals surface area contributed by atoms with E-state index in [1.165, 1.54) is 0 Å². The lowest BCUT2D eigenvalue weighted by atomic mass is 10.2. The number of nitrogens with one attached hydrogen (secondary N) is 1. The zero-order valence-corrected chi connectivity index (χ0v) is 9.41. The number of ether oxygens (including phenoxy) is 1. The molecule has 0 atom stereocenters. The van der Waals surface area contributed by atoms with Crippen LogP contribution in [0.4, 0.5) is 0 Å². The molecule has 0 bridgehead atoms. The number of carbonyl (C=O) groups excluding carboxylic acids is 1. The minimum atomic E-state index is -0.0933. The Kier molecular flexibility index (Phi) is 4.30. The fraction of sp³-hybridized carbons (Fsp3) is 0.600. The molecule has 1 aromatic rings. The van der Waals surface area contributed by atoms with Crippen LogP contribution in [0, 0.1) is 6.92 Å². The lowest BCUT2D eigenvalue weighted by Crippen LogP contribution is -2.27. The van der Waals surface area contributed by atoms with Crippen molar-refractivity contribution in [3.63, 3.8) is 0 Å². The number of hydrogen-bond donors (Lipinski definition) is 1. The highest BCUT2D eigenvalue weighted by Crippen LogP contribution is 2.04. The zero-order chi connectivity index (χ0) is 11.3. The van der Waals surface area contributed by atoms with Crippen molar-refractivity contribution in [1.82, 2.24) is 15.1 Å². The number of hydrogen-bond acceptors (Lipinski definition) is 3. The van der Waals surface area contributed by atoms with Crippen LogP contribution in [-0.2, 0) is 11.3 Å². The molecule has 1 aromatic heterocycles. The van der Waals surface area contributed by atoms with Crippen LogP contribution < -0.4 is 5.32 Å². The smallest absolute Gasteiger partial charge is 0.254 e. The van der Waals surface area contributed by atoms with E-state index in [0.29, 0.717) is 18.7 Å². The van der Waals surface area contributed by atoms with Crippen LogP contribution in [0.3, 0.4) is 0 Å². The van der Waals surface area contributed by atoms with Crippen molar-refractivity contribution in [3.05, 3.63) is 17.5 Å². The van der Waals surface area contributed by atoms with Crippen LogP contribution in [0.15, 0.2) is 6.20 Å². The molecule has 0 saturated heterocycles. The number of carbonyl (C=O) groups is 1. The minimum absolute atomic E-state index is 0.0933. The van der Waals surface area contributed by atoms with E-state index in [-0.39, 0.29) is 5.91 Å². The Morgan fingerprint density at radius 1 is 1.67 bits per heavy atom. The van der Waals surface area contributed by atoms with Crippen molar-refractivity contribution in [1.29, 1.82) is 0 Å². The molecule has 0 radical (unpaired) electrons. The average molecular weight is 211 g/mol. The summed E-state index contributed by atoms with van der Waals surface area (Å²) in [7, 11) is 1.60. The Morgan fingerprint density at radius 2 is 2.40 bits per heavy atom. The van der Waals surface area contributed by atoms with Crippen LogP contribution in [0.25, 0.3) is 0 Å². The van der Waals surface area contributed by atoms with Gasteiger partial charge < -0.3 is 10.1 Å². The molecule has 0 aliphatic carbocycles. The molecule has 1 rings (SSSR count). The van der Waals surface area contributed by atoms with Crippen molar-refractivity contribution in [2.75, 3.05) is 20.3 Å². The van der Waals surface area contributed by atoms with Crippen molar-refractivity contribution in [2.24, 2.45) is 0 Å². The number of aromatic nitrogens is 2. The van der Waals surface area contributed by atoms with Crippen molar-refractivity contribution >= 4 is 5.91 Å². The summed E-state index contributed by atoms with van der Waals surface area (Å²) >= 11 is 0. The van der Waals surface area contributed by atoms with Gasteiger partial charge in [0.25, 0.3) is 5.91 Å². The van der Waals surface area contributed by atoms with Gasteiger partial charge in [0.15, 0.2) is 0 Å². The zero-order valence-electron chi connectivity index (χ0n) is 9.41. The van der Waals surface area contributed by atoms with E-state index >= 15 is 0 Å². The van der Waals surface area contributed by atoms with E-state index in [0.717, 1.165) is 12.2 Å². The molecule has 0 fully saturated rings. The second kappa shape index (κ2) is 5.50. The molecule has 1 heterocycles. The van der Waals surface area contributed by atoms with Gasteiger partial charge in [-0.25, -0.2) is 0 Å². The summed E-state index contributed by atoms with van der Waals surface area (Å²) in [5.74, 6) is -0.0933. The predicted molar refractivity (Wildman–Crippen MR) is 56.8 cm³/mol. The average Bonchev–Trinajstić information content (AvgIpc) is 2.60. The molecule has 84 valence electrons. The lowest BCUT2D eigenvalue weighted by molar-refractivity contribution is 0.0936. The molecule has 5 heteroatoms. The minimum Gasteiger partial charge on any atom is -0.383 e. The molecule has 0 aliphatic rings. The third kappa shape index (κ3) is 3.06. The summed E-state index contributed by atoms with van der Waals surface area (Å²) in [5, 5.41) is 6.96. The van der Waals surface area contributed by atoms with E-state index < -0.39 is 0 Å². The normalized spacial score (nSPS) is 10.3. The molecule has 0 aliphatic heterocycles. The van der Waals surface area contributed by atoms with Gasteiger partial charge in [0, 0.05) is 26.4 Å². The van der Waals surface area contributed by atoms with Gasteiger partial charge in [-0.3, -0.25) is 9.48 Å². The highest BCUT2D eigenvalue weighted by molar-refractivity contribution is 5.94. The first-order valence-electron chi connectivity index (χ1n) is 5.00. The van der Waals surface area contributed by atoms with Gasteiger partial charge in [-0.15, -0.1) is 0 Å². The maximum atomic E-state index is 11.6. The Balaban J connectivity index is 2.60. The lowest BCUT2D eigenvalue weighted by Gasteiger charge is -2.02. The van der Waals surface area contributed by atoms with Gasteiger partial charge in [0.2, 0.25) is 0 Å². The van der Waals surface area contributed by atoms with Crippen LogP contribution in [-0.4, -0.2) is 35.9 Å². The van der Waals surface area contributed by atoms with Crippen molar-refractivity contribution in [2.45, 2.75) is 20.4 Å². The largest absolute Gasteiger partial charge is 0.383 e. The quantitative estimate of drug-likeness (QED) is 0.725. The first kappa shape index (κ1) is 11.7. The van der Waals surface area contributed by atoms with Crippen LogP contribution in [0.5, 0.6) is 0 Å². The van der Waals surface area contributed by atoms with Gasteiger partial charge in [-0.05, 0) is 13.8 Å². The third-order valence-corrected chi connectivity index (χ3v) is 2.11. The fourth-order valence-electron chi connectivity index (χ4n) is 1.26. The number of amides is 1. The Bertz CT molecular complexity index is 333. The van der Waals surface area contributed by atoms with Crippen LogP contribution >= 0.6 is 0 Å². The number of aryl methyl sites for hydroxylation is 2. The van der Waals surface area contributed by atoms with Gasteiger partial charge in [-0.2, -0.15) is 5.10 Å². The molecule has 1 amide bonds. The molecular formula is C10H17N3O2. The monoisotopic (exact) mass is 211 g/mol. The molecule has 0 unspecified atom stereocenters. The van der Waals surface area contributed by atoms with Crippen LogP contribution in [0.2, 0.25) is 0 Å². The topological polar surface area (TPSA) is 56.2 Å². The molecule has 0 aromatic carbocycles. The number of nitrogens with zero attached hydrogens (tertiary/aromatic N) is 2. The second-order valence-corrected chi connectivity index (χ2v) is 3.23. The van der Waals surface area contributed by atoms with E-state index in [9.17, 15) is 4.79 Å². The molecule has 5 nitrogen and oxygen atoms in total. The number of rotatable bonds is 5. The summed E-state index contributed by atoms with van der Waals surface area (Å²) < 4.78 is 6.60. The molecule has 15 heavy (non-hydrogen) atoms. The summed E-state index contributed by atoms with van der Waals surface area (Å²) in [5.41, 5.74) is 1.39. The standard InChI is InChI=1S/C10H17N3O2/c1-4-13-7-9(8(2)12-13)10(14)11-5-6-15-3/h7H,4-6H2,1-3H3,(H,11,14). The summed E-state index contributed by atoms with van der Waals surface area (Å²) in [6.45, 7) is 5.63. The predicted octanol–water partition coefficient (Wildman–Crippen LogP) is 0.588. The maximum absolute atomic E-state index is 11.6. The van der Waals surface area contributed by atoms with E-state index in [1.54, 1.807) is 18.0 Å². The van der Waals surface area contributed by atoms with Crippen molar-refractivity contribution < 1.29 is 9.53 Å². The van der Waals surface area contributed by atoms with Gasteiger partial charge >= 0.3 is 0 Å². The van der Waals surface area contributed by atoms with Gasteiger partial charge in [0.05, 0.1) is 17.9 Å². The molecule has 0 spiro atoms. The summed E-state index contributed by atoms with van der Waals surface area (Å²) in [6.07, 6.45) is 1.76. The number of methoxy groups -OCH3 is 1. The van der Waals surface area contributed by atoms with Crippen LogP contribution in [0.1, 0.15) is 23.0 Å². The fourth-order valence-corrected chi connectivity index (χ4v) is 1.26. The van der Waals surface area contributed by atoms with Gasteiger partial charge in [-0.1, -0.05) is 0 Å². The molecule has 0 saturated carbocycles. The van der Waals surface area contributed by atoms with E-state index in [1.807, 2.05) is 13.8 Å². The van der Waals surface area contributed by atoms with E-state index in [4.69, 9.17) is 4.74 Å². The van der Waals surface area contributed by atoms with E-state index in [2.05, 4.69) is 10.4 Å². The molecular weight excluding hydrogens is 194 g/mol. The first-order chi connectivity index (χ1) is 7.19. The Labute approximate surface area is 89.4 Å². The highest BCUT2D eigenvalue weighted by Gasteiger charge is 2.11. The summed E-state index contributed by atoms with van der Waals surface area (Å²) in [6, 6.07) is 0. The van der Waals surface area contributed by atoms with Crippen molar-refractivity contribution in [3.8, 4) is 0 Å². The Morgan fingerprint density at radius 3 is 2.93 bits per heavy atom. The third-order valence-electron chi connectivity index (χ3n) is 2.11. The SMILES string of the molecule is CCn1cc(C(=O)NCCOC)c(C)n1. The maximum Gasteiger partial charge on any atom is 0.254 e. The highest BCUT2D eigenvalue weighted by atomic mass is 16.5. The summed E-state index contributed by atoms with van der Waals surface area (Å²) in [4.78, 5) is 11.6. The van der Waals surface area contributed by atoms with Gasteiger partial charge in [0.1, 0.15) is 0 Å². The second-order valence-electron chi connectivity index (χ2n) is 3.23.